The molecular formula is C37H41NO7S. The van der Waals surface area contributed by atoms with Gasteiger partial charge in [-0.1, -0.05) is 19.9 Å². The normalized spacial score (nSPS) is 22.4. The average Bonchev–Trinajstić information content (AvgIpc) is 3.70. The van der Waals surface area contributed by atoms with Crippen LogP contribution < -0.4 is 9.47 Å². The van der Waals surface area contributed by atoms with Gasteiger partial charge in [0.15, 0.2) is 22.3 Å². The standard InChI is InChI=1S/C37H41NO7S/c1-5-20(2)27-14-15-29-28(18-27)19-32(43-29)35-38-33-30(44-36(41)25-10-6-23(7-11-25)21(3)39)16-17-31(34(33)46-35)45-37(42)26-12-8-24(9-13-26)22(4)40/h14-20,23-26H,5-13H2,1-4H3. The number of esters is 2. The molecule has 0 spiro atoms. The van der Waals surface area contributed by atoms with E-state index in [1.807, 2.05) is 12.1 Å². The van der Waals surface area contributed by atoms with E-state index in [0.29, 0.717) is 89.8 Å². The molecule has 2 fully saturated rings. The summed E-state index contributed by atoms with van der Waals surface area (Å²) in [4.78, 5) is 55.1. The molecule has 0 amide bonds. The van der Waals surface area contributed by atoms with Crippen LogP contribution in [-0.4, -0.2) is 28.5 Å². The van der Waals surface area contributed by atoms with Gasteiger partial charge in [0.05, 0.1) is 11.8 Å². The lowest BCUT2D eigenvalue weighted by Gasteiger charge is -2.25. The van der Waals surface area contributed by atoms with Crippen LogP contribution in [-0.2, 0) is 19.2 Å². The van der Waals surface area contributed by atoms with Crippen LogP contribution in [0.25, 0.3) is 32.0 Å². The Morgan fingerprint density at radius 1 is 0.804 bits per heavy atom. The number of hydrogen-bond acceptors (Lipinski definition) is 9. The zero-order chi connectivity index (χ0) is 32.5. The number of ketones is 2. The fourth-order valence-electron chi connectivity index (χ4n) is 6.79. The van der Waals surface area contributed by atoms with Crippen molar-refractivity contribution in [3.05, 3.63) is 42.0 Å². The fraction of sp³-hybridized carbons (Fsp3) is 0.486. The Bertz CT molecular complexity index is 1700. The molecule has 1 atom stereocenters. The Balaban J connectivity index is 1.30. The molecule has 4 aromatic rings. The molecular weight excluding hydrogens is 602 g/mol. The molecule has 242 valence electrons. The second-order valence-electron chi connectivity index (χ2n) is 13.1. The first kappa shape index (κ1) is 32.1. The molecule has 46 heavy (non-hydrogen) atoms. The van der Waals surface area contributed by atoms with E-state index in [1.165, 1.54) is 16.9 Å². The van der Waals surface area contributed by atoms with Crippen molar-refractivity contribution in [1.29, 1.82) is 0 Å². The first-order valence-corrected chi connectivity index (χ1v) is 17.3. The van der Waals surface area contributed by atoms with E-state index in [-0.39, 0.29) is 47.2 Å². The van der Waals surface area contributed by atoms with E-state index in [0.717, 1.165) is 17.4 Å². The minimum Gasteiger partial charge on any atom is -0.454 e. The molecule has 0 bridgehead atoms. The van der Waals surface area contributed by atoms with Crippen LogP contribution in [0, 0.1) is 23.7 Å². The number of furan rings is 1. The van der Waals surface area contributed by atoms with Gasteiger partial charge < -0.3 is 13.9 Å². The van der Waals surface area contributed by atoms with E-state index >= 15 is 0 Å². The van der Waals surface area contributed by atoms with Gasteiger partial charge in [-0.25, -0.2) is 4.98 Å². The van der Waals surface area contributed by atoms with Crippen molar-refractivity contribution < 1.29 is 33.1 Å². The summed E-state index contributed by atoms with van der Waals surface area (Å²) in [6, 6.07) is 11.5. The molecule has 2 aliphatic carbocycles. The summed E-state index contributed by atoms with van der Waals surface area (Å²) >= 11 is 1.32. The molecule has 0 radical (unpaired) electrons. The molecule has 0 N–H and O–H groups in total. The predicted molar refractivity (Wildman–Crippen MR) is 177 cm³/mol. The number of carbonyl (C=O) groups is 4. The van der Waals surface area contributed by atoms with Crippen LogP contribution in [0.5, 0.6) is 11.5 Å². The number of thiazole rings is 1. The van der Waals surface area contributed by atoms with Crippen LogP contribution in [0.1, 0.15) is 97.0 Å². The maximum atomic E-state index is 13.3. The van der Waals surface area contributed by atoms with Crippen molar-refractivity contribution in [3.8, 4) is 22.3 Å². The fourth-order valence-corrected chi connectivity index (χ4v) is 7.78. The summed E-state index contributed by atoms with van der Waals surface area (Å²) in [5, 5.41) is 1.56. The van der Waals surface area contributed by atoms with Gasteiger partial charge in [0, 0.05) is 17.2 Å². The maximum Gasteiger partial charge on any atom is 0.314 e. The Labute approximate surface area is 272 Å². The minimum absolute atomic E-state index is 0.00779. The van der Waals surface area contributed by atoms with E-state index in [9.17, 15) is 19.2 Å². The molecule has 8 nitrogen and oxygen atoms in total. The molecule has 1 unspecified atom stereocenters. The molecule has 2 aromatic carbocycles. The Hall–Kier alpha value is -3.85. The second-order valence-corrected chi connectivity index (χ2v) is 14.1. The van der Waals surface area contributed by atoms with Crippen molar-refractivity contribution in [2.45, 2.75) is 91.4 Å². The number of Topliss-reactive ketones (excluding diaryl/α,β-unsaturated/α-hetero) is 2. The van der Waals surface area contributed by atoms with Crippen LogP contribution in [0.4, 0.5) is 0 Å². The number of carbonyl (C=O) groups excluding carboxylic acids is 4. The van der Waals surface area contributed by atoms with Gasteiger partial charge >= 0.3 is 11.9 Å². The van der Waals surface area contributed by atoms with E-state index < -0.39 is 0 Å². The van der Waals surface area contributed by atoms with Gasteiger partial charge in [0.25, 0.3) is 0 Å². The highest BCUT2D eigenvalue weighted by molar-refractivity contribution is 7.22. The number of rotatable bonds is 9. The molecule has 6 rings (SSSR count). The van der Waals surface area contributed by atoms with Gasteiger partial charge in [-0.2, -0.15) is 0 Å². The monoisotopic (exact) mass is 643 g/mol. The Kier molecular flexibility index (Phi) is 9.41. The van der Waals surface area contributed by atoms with Crippen molar-refractivity contribution in [2.24, 2.45) is 23.7 Å². The van der Waals surface area contributed by atoms with Gasteiger partial charge in [0.2, 0.25) is 0 Å². The van der Waals surface area contributed by atoms with Crippen molar-refractivity contribution in [2.75, 3.05) is 0 Å². The van der Waals surface area contributed by atoms with Gasteiger partial charge in [-0.15, -0.1) is 11.3 Å². The minimum atomic E-state index is -0.342. The molecule has 0 aliphatic heterocycles. The number of aromatic nitrogens is 1. The molecule has 2 heterocycles. The summed E-state index contributed by atoms with van der Waals surface area (Å²) < 4.78 is 18.7. The molecule has 2 aromatic heterocycles. The lowest BCUT2D eigenvalue weighted by molar-refractivity contribution is -0.141. The Morgan fingerprint density at radius 3 is 1.91 bits per heavy atom. The number of ether oxygens (including phenoxy) is 2. The number of fused-ring (bicyclic) bond motifs is 2. The number of nitrogens with zero attached hydrogens (tertiary/aromatic N) is 1. The highest BCUT2D eigenvalue weighted by atomic mass is 32.1. The number of hydrogen-bond donors (Lipinski definition) is 0. The van der Waals surface area contributed by atoms with E-state index in [2.05, 4.69) is 26.0 Å². The zero-order valence-electron chi connectivity index (χ0n) is 26.9. The van der Waals surface area contributed by atoms with E-state index in [1.54, 1.807) is 26.0 Å². The number of benzene rings is 2. The molecule has 2 saturated carbocycles. The third kappa shape index (κ3) is 6.66. The maximum absolute atomic E-state index is 13.3. The smallest absolute Gasteiger partial charge is 0.314 e. The topological polar surface area (TPSA) is 113 Å². The van der Waals surface area contributed by atoms with Crippen LogP contribution >= 0.6 is 11.3 Å². The van der Waals surface area contributed by atoms with Crippen LogP contribution in [0.3, 0.4) is 0 Å². The first-order chi connectivity index (χ1) is 22.1. The van der Waals surface area contributed by atoms with Gasteiger partial charge in [-0.05, 0) is 113 Å². The lowest BCUT2D eigenvalue weighted by Crippen LogP contribution is -2.28. The molecule has 9 heteroatoms. The van der Waals surface area contributed by atoms with Gasteiger partial charge in [-0.3, -0.25) is 19.2 Å². The highest BCUT2D eigenvalue weighted by Crippen LogP contribution is 2.43. The second kappa shape index (κ2) is 13.5. The largest absolute Gasteiger partial charge is 0.454 e. The van der Waals surface area contributed by atoms with Crippen molar-refractivity contribution in [3.63, 3.8) is 0 Å². The quantitative estimate of drug-likeness (QED) is 0.131. The lowest BCUT2D eigenvalue weighted by atomic mass is 9.80. The van der Waals surface area contributed by atoms with Gasteiger partial charge in [0.1, 0.15) is 27.4 Å². The SMILES string of the molecule is CCC(C)c1ccc2oc(-c3nc4c(OC(=O)C5CCC(C(C)=O)CC5)ccc(OC(=O)C5CCC(C(C)=O)CC5)c4s3)cc2c1. The van der Waals surface area contributed by atoms with Crippen molar-refractivity contribution >= 4 is 56.0 Å². The average molecular weight is 644 g/mol. The Morgan fingerprint density at radius 2 is 1.35 bits per heavy atom. The third-order valence-corrected chi connectivity index (χ3v) is 11.2. The van der Waals surface area contributed by atoms with Crippen LogP contribution in [0.2, 0.25) is 0 Å². The summed E-state index contributed by atoms with van der Waals surface area (Å²) in [5.41, 5.74) is 2.42. The molecule has 2 aliphatic rings. The summed E-state index contributed by atoms with van der Waals surface area (Å²) in [6.07, 6.45) is 6.19. The summed E-state index contributed by atoms with van der Waals surface area (Å²) in [6.45, 7) is 7.59. The third-order valence-electron chi connectivity index (χ3n) is 10.1. The predicted octanol–water partition coefficient (Wildman–Crippen LogP) is 8.82. The highest BCUT2D eigenvalue weighted by Gasteiger charge is 2.32. The van der Waals surface area contributed by atoms with E-state index in [4.69, 9.17) is 18.9 Å². The first-order valence-electron chi connectivity index (χ1n) is 16.5. The van der Waals surface area contributed by atoms with Crippen molar-refractivity contribution in [1.82, 2.24) is 4.98 Å². The summed E-state index contributed by atoms with van der Waals surface area (Å²) in [5.74, 6) is 0.778. The molecule has 0 saturated heterocycles. The summed E-state index contributed by atoms with van der Waals surface area (Å²) in [7, 11) is 0. The van der Waals surface area contributed by atoms with Crippen LogP contribution in [0.15, 0.2) is 40.8 Å². The zero-order valence-corrected chi connectivity index (χ0v) is 27.7.